The number of hydrogen-bond donors (Lipinski definition) is 4. The number of nitrogens with two attached hydrogens (primary N) is 1. The van der Waals surface area contributed by atoms with Crippen LogP contribution in [0.2, 0.25) is 0 Å². The molecular weight excluding hydrogens is 1110 g/mol. The second kappa shape index (κ2) is 34.3. The van der Waals surface area contributed by atoms with E-state index in [0.717, 1.165) is 24.7 Å². The third-order valence-electron chi connectivity index (χ3n) is 17.3. The van der Waals surface area contributed by atoms with Gasteiger partial charge in [-0.1, -0.05) is 64.2 Å². The number of nitrogens with one attached hydrogen (secondary N) is 1. The Morgan fingerprint density at radius 3 is 1.48 bits per heavy atom. The number of fused-ring (bicyclic) bond motifs is 2. The van der Waals surface area contributed by atoms with E-state index >= 15 is 0 Å². The molecule has 2 fully saturated rings. The Morgan fingerprint density at radius 1 is 0.663 bits per heavy atom. The Hall–Kier alpha value is -3.35. The zero-order valence-electron chi connectivity index (χ0n) is 52.0. The lowest BCUT2D eigenvalue weighted by Gasteiger charge is -2.44. The number of ether oxygens (including phenoxy) is 4. The van der Waals surface area contributed by atoms with Crippen LogP contribution in [0.15, 0.2) is 47.6 Å². The van der Waals surface area contributed by atoms with Crippen LogP contribution >= 0.6 is 15.2 Å². The number of carbonyl (C=O) groups excluding carboxylic acids is 5. The van der Waals surface area contributed by atoms with E-state index in [-0.39, 0.29) is 108 Å². The molecule has 14 atom stereocenters. The van der Waals surface area contributed by atoms with Crippen molar-refractivity contribution in [3.63, 3.8) is 0 Å². The third kappa shape index (κ3) is 22.1. The van der Waals surface area contributed by atoms with Crippen LogP contribution in [0, 0.1) is 58.2 Å². The van der Waals surface area contributed by atoms with Crippen molar-refractivity contribution in [2.75, 3.05) is 58.4 Å². The minimum atomic E-state index is -3.11. The van der Waals surface area contributed by atoms with Gasteiger partial charge >= 0.3 is 39.1 Å². The summed E-state index contributed by atoms with van der Waals surface area (Å²) in [7, 11) is -5.96. The predicted octanol–water partition coefficient (Wildman–Crippen LogP) is 10.4. The lowest BCUT2D eigenvalue weighted by atomic mass is 9.65. The first kappa shape index (κ1) is 72.1. The second-order valence-electron chi connectivity index (χ2n) is 24.4. The molecule has 83 heavy (non-hydrogen) atoms. The van der Waals surface area contributed by atoms with Gasteiger partial charge in [0.05, 0.1) is 74.6 Å². The van der Waals surface area contributed by atoms with Crippen molar-refractivity contribution in [1.82, 2.24) is 5.32 Å². The number of allylic oxidation sites excluding steroid dienone is 5. The Morgan fingerprint density at radius 2 is 1.08 bits per heavy atom. The summed E-state index contributed by atoms with van der Waals surface area (Å²) < 4.78 is 68.4. The summed E-state index contributed by atoms with van der Waals surface area (Å²) >= 11 is 0. The molecule has 474 valence electrons. The van der Waals surface area contributed by atoms with Crippen LogP contribution in [0.5, 0.6) is 0 Å². The highest BCUT2D eigenvalue weighted by Gasteiger charge is 2.46. The van der Waals surface area contributed by atoms with E-state index in [1.807, 2.05) is 61.5 Å². The van der Waals surface area contributed by atoms with Gasteiger partial charge in [0.15, 0.2) is 0 Å². The van der Waals surface area contributed by atoms with E-state index in [1.165, 1.54) is 5.57 Å². The monoisotopic (exact) mass is 1210 g/mol. The van der Waals surface area contributed by atoms with Crippen LogP contribution in [0.4, 0.5) is 0 Å². The van der Waals surface area contributed by atoms with Gasteiger partial charge in [-0.2, -0.15) is 0 Å². The molecule has 0 unspecified atom stereocenters. The number of cyclic esters (lactones) is 2. The highest BCUT2D eigenvalue weighted by Crippen LogP contribution is 2.50. The van der Waals surface area contributed by atoms with E-state index in [2.05, 4.69) is 49.5 Å². The number of rotatable bonds is 28. The van der Waals surface area contributed by atoms with Crippen LogP contribution < -0.4 is 11.1 Å². The number of esters is 4. The molecule has 2 aliphatic heterocycles. The SMILES string of the molecule is CCC(C)(C)C(=O)O[C@H]1C[C@@H](C=O)C=C2C=C[C@H](C)[C@H](CC[C@@H]3C[C@@H](O)CC(=O)O3)[C@H]21.CCOP(=O)(CCN)OCC.CCOP(=O)(CCNC[C@H]1C=C2C=C[C@H](C)[C@H](CC[C@@H]3C[C@@H](O)CC(=O)O3)[C@H]2[C@@H](OC(=O)C(C)(C)CC)C1)OCC. The summed E-state index contributed by atoms with van der Waals surface area (Å²) in [6, 6.07) is 0. The van der Waals surface area contributed by atoms with E-state index in [1.54, 1.807) is 13.8 Å². The lowest BCUT2D eigenvalue weighted by Crippen LogP contribution is -2.44. The highest BCUT2D eigenvalue weighted by molar-refractivity contribution is 7.54. The summed E-state index contributed by atoms with van der Waals surface area (Å²) in [6.07, 6.45) is 18.5. The molecule has 0 radical (unpaired) electrons. The van der Waals surface area contributed by atoms with E-state index in [4.69, 9.17) is 42.8 Å². The first-order valence-electron chi connectivity index (χ1n) is 30.8. The van der Waals surface area contributed by atoms with Crippen molar-refractivity contribution < 1.29 is 80.4 Å². The number of hydrogen-bond acceptors (Lipinski definition) is 19. The van der Waals surface area contributed by atoms with Gasteiger partial charge in [-0.05, 0) is 147 Å². The van der Waals surface area contributed by atoms with Crippen molar-refractivity contribution >= 4 is 45.4 Å². The molecule has 2 heterocycles. The normalized spacial score (nSPS) is 29.9. The van der Waals surface area contributed by atoms with Crippen molar-refractivity contribution in [1.29, 1.82) is 0 Å². The van der Waals surface area contributed by atoms with Gasteiger partial charge in [-0.3, -0.25) is 28.3 Å². The fourth-order valence-electron chi connectivity index (χ4n) is 11.9. The average Bonchev–Trinajstić information content (AvgIpc) is 3.63. The van der Waals surface area contributed by atoms with Crippen LogP contribution in [-0.4, -0.2) is 135 Å². The van der Waals surface area contributed by atoms with Gasteiger partial charge in [0, 0.05) is 50.2 Å². The molecule has 0 aromatic heterocycles. The summed E-state index contributed by atoms with van der Waals surface area (Å²) in [5.41, 5.74) is 6.32. The van der Waals surface area contributed by atoms with Crippen LogP contribution in [0.1, 0.15) is 160 Å². The van der Waals surface area contributed by atoms with Crippen molar-refractivity contribution in [2.24, 2.45) is 63.9 Å². The molecule has 0 aromatic carbocycles. The fraction of sp³-hybridized carbons (Fsp3) is 0.790. The molecular formula is C62H104N2O17P2. The topological polar surface area (TPSA) is 272 Å². The minimum Gasteiger partial charge on any atom is -0.462 e. The Bertz CT molecular complexity index is 2290. The average molecular weight is 1210 g/mol. The molecule has 5 N–H and O–H groups in total. The molecule has 0 amide bonds. The molecule has 6 aliphatic rings. The van der Waals surface area contributed by atoms with Crippen molar-refractivity contribution in [2.45, 2.75) is 197 Å². The van der Waals surface area contributed by atoms with Gasteiger partial charge in [-0.15, -0.1) is 0 Å². The molecule has 0 aromatic rings. The Labute approximate surface area is 495 Å². The fourth-order valence-corrected chi connectivity index (χ4v) is 14.9. The summed E-state index contributed by atoms with van der Waals surface area (Å²) in [5, 5.41) is 23.4. The molecule has 0 saturated carbocycles. The first-order chi connectivity index (χ1) is 39.2. The highest BCUT2D eigenvalue weighted by atomic mass is 31.2. The maximum Gasteiger partial charge on any atom is 0.331 e. The van der Waals surface area contributed by atoms with Gasteiger partial charge in [0.1, 0.15) is 30.7 Å². The van der Waals surface area contributed by atoms with E-state index in [0.29, 0.717) is 110 Å². The molecule has 19 nitrogen and oxygen atoms in total. The second-order valence-corrected chi connectivity index (χ2v) is 28.8. The third-order valence-corrected chi connectivity index (χ3v) is 21.4. The lowest BCUT2D eigenvalue weighted by molar-refractivity contribution is -0.166. The first-order valence-corrected chi connectivity index (χ1v) is 34.3. The van der Waals surface area contributed by atoms with Crippen molar-refractivity contribution in [3.05, 3.63) is 47.6 Å². The minimum absolute atomic E-state index is 0.0111. The summed E-state index contributed by atoms with van der Waals surface area (Å²) in [6.45, 7) is 26.1. The zero-order chi connectivity index (χ0) is 61.7. The smallest absolute Gasteiger partial charge is 0.331 e. The zero-order valence-corrected chi connectivity index (χ0v) is 53.8. The Kier molecular flexibility index (Phi) is 29.8. The molecule has 21 heteroatoms. The number of carbonyl (C=O) groups is 5. The van der Waals surface area contributed by atoms with Crippen LogP contribution in [-0.2, 0) is 70.1 Å². The molecule has 6 rings (SSSR count). The Balaban J connectivity index is 0.000000309. The van der Waals surface area contributed by atoms with Gasteiger partial charge in [0.25, 0.3) is 0 Å². The van der Waals surface area contributed by atoms with Gasteiger partial charge in [0.2, 0.25) is 0 Å². The van der Waals surface area contributed by atoms with E-state index in [9.17, 15) is 43.3 Å². The molecule has 0 spiro atoms. The quantitative estimate of drug-likeness (QED) is 0.0186. The number of aldehydes is 1. The molecule has 0 bridgehead atoms. The maximum atomic E-state index is 13.3. The van der Waals surface area contributed by atoms with Crippen LogP contribution in [0.25, 0.3) is 0 Å². The largest absolute Gasteiger partial charge is 0.462 e. The number of aliphatic hydroxyl groups excluding tert-OH is 2. The van der Waals surface area contributed by atoms with Crippen molar-refractivity contribution in [3.8, 4) is 0 Å². The van der Waals surface area contributed by atoms with E-state index < -0.39 is 38.2 Å². The predicted molar refractivity (Wildman–Crippen MR) is 319 cm³/mol. The van der Waals surface area contributed by atoms with Gasteiger partial charge < -0.3 is 63.1 Å². The molecule has 4 aliphatic carbocycles. The van der Waals surface area contributed by atoms with Gasteiger partial charge in [-0.25, -0.2) is 0 Å². The summed E-state index contributed by atoms with van der Waals surface area (Å²) in [4.78, 5) is 61.3. The number of aliphatic hydroxyl groups is 2. The van der Waals surface area contributed by atoms with Crippen LogP contribution in [0.3, 0.4) is 0 Å². The maximum absolute atomic E-state index is 13.3. The summed E-state index contributed by atoms with van der Waals surface area (Å²) in [5.74, 6) is -0.228. The standard InChI is InChI=1S/C31H52NO8P.C25H36O6.C6H16NO3P/c1-7-31(5,6)30(35)40-27-17-22(20-32-14-15-41(36,37-8-2)38-9-3)16-23-11-10-21(4)26(29(23)27)13-12-25-18-24(33)19-28(34)39-25;1-5-25(3,4)24(29)31-21-11-16(14-26)10-17-7-6-15(2)20(23(17)21)9-8-19-12-18(27)13-22(28)30-19;1-3-9-11(8,6-5-7)10-4-2/h10-11,16,21-22,24-27,29,32-33H,7-9,12-15,17-20H2,1-6H3;6-7,10,14-16,18-21,23,27H,5,8-9,11-13H2,1-4H3;3-7H2,1-2H3/t21-,22-,24+,25+,26-,27-,29-;15-,16-,18+,19+,20-,21-,23-;/m00./s1. The molecule has 2 saturated heterocycles.